The summed E-state index contributed by atoms with van der Waals surface area (Å²) in [6.07, 6.45) is -24.3. The fourth-order valence-electron chi connectivity index (χ4n) is 5.46. The monoisotopic (exact) mass is 950 g/mol. The van der Waals surface area contributed by atoms with Crippen molar-refractivity contribution in [3.05, 3.63) is 158 Å². The Morgan fingerprint density at radius 2 is 0.547 bits per heavy atom. The number of phenols is 2. The predicted molar refractivity (Wildman–Crippen MR) is 211 cm³/mol. The van der Waals surface area contributed by atoms with E-state index in [9.17, 15) is 73.1 Å². The van der Waals surface area contributed by atoms with Gasteiger partial charge in [0.05, 0.1) is 21.8 Å². The topological polar surface area (TPSA) is 99.4 Å². The Bertz CT molecular complexity index is 2220. The van der Waals surface area contributed by atoms with Crippen molar-refractivity contribution in [3.63, 3.8) is 0 Å². The van der Waals surface area contributed by atoms with E-state index in [2.05, 4.69) is 21.6 Å². The average molecular weight is 951 g/mol. The minimum Gasteiger partial charge on any atom is -0.508 e. The molecule has 0 amide bonds. The highest BCUT2D eigenvalue weighted by atomic mass is 32.2. The molecule has 6 nitrogen and oxygen atoms in total. The van der Waals surface area contributed by atoms with Gasteiger partial charge in [0, 0.05) is 0 Å². The van der Waals surface area contributed by atoms with Crippen LogP contribution in [0.15, 0.2) is 187 Å². The smallest absolute Gasteiger partial charge is 0.429 e. The lowest BCUT2D eigenvalue weighted by atomic mass is 10.0. The van der Waals surface area contributed by atoms with Crippen LogP contribution in [0.3, 0.4) is 0 Å². The summed E-state index contributed by atoms with van der Waals surface area (Å²) in [5, 5.41) is 37.5. The van der Waals surface area contributed by atoms with Crippen molar-refractivity contribution in [2.24, 2.45) is 0 Å². The summed E-state index contributed by atoms with van der Waals surface area (Å²) in [6, 6.07) is 42.6. The summed E-state index contributed by atoms with van der Waals surface area (Å²) < 4.78 is 164. The van der Waals surface area contributed by atoms with Crippen molar-refractivity contribution < 1.29 is 82.6 Å². The van der Waals surface area contributed by atoms with Gasteiger partial charge in [0.1, 0.15) is 36.2 Å². The highest BCUT2D eigenvalue weighted by Crippen LogP contribution is 2.45. The second kappa shape index (κ2) is 19.6. The quantitative estimate of drug-likeness (QED) is 0.0720. The molecule has 0 fully saturated rings. The van der Waals surface area contributed by atoms with Gasteiger partial charge in [-0.25, -0.2) is 0 Å². The van der Waals surface area contributed by atoms with Crippen LogP contribution in [-0.2, 0) is 21.8 Å². The third-order valence-electron chi connectivity index (χ3n) is 8.99. The van der Waals surface area contributed by atoms with E-state index in [0.29, 0.717) is 14.7 Å². The van der Waals surface area contributed by atoms with Gasteiger partial charge in [-0.05, 0) is 121 Å². The summed E-state index contributed by atoms with van der Waals surface area (Å²) in [7, 11) is -1.31. The lowest BCUT2D eigenvalue weighted by molar-refractivity contribution is -0.374. The zero-order chi connectivity index (χ0) is 47.1. The molecule has 0 spiro atoms. The Hall–Kier alpha value is -5.70. The van der Waals surface area contributed by atoms with Gasteiger partial charge in [0.2, 0.25) is 0 Å². The summed E-state index contributed by atoms with van der Waals surface area (Å²) in [5.41, 5.74) is -10.3. The number of hydrogen-bond donors (Lipinski definition) is 4. The molecule has 6 rings (SSSR count). The molecule has 0 atom stereocenters. The van der Waals surface area contributed by atoms with Crippen LogP contribution in [0.2, 0.25) is 0 Å². The van der Waals surface area contributed by atoms with Crippen LogP contribution in [0.5, 0.6) is 23.0 Å². The van der Waals surface area contributed by atoms with Crippen molar-refractivity contribution in [2.45, 2.75) is 65.3 Å². The van der Waals surface area contributed by atoms with Crippen molar-refractivity contribution in [3.8, 4) is 23.0 Å². The molecule has 340 valence electrons. The molecule has 0 unspecified atom stereocenters. The lowest BCUT2D eigenvalue weighted by Crippen LogP contribution is -2.60. The first-order chi connectivity index (χ1) is 29.8. The van der Waals surface area contributed by atoms with Gasteiger partial charge in [-0.15, -0.1) is 0 Å². The first kappa shape index (κ1) is 49.3. The largest absolute Gasteiger partial charge is 0.508 e. The number of rotatable bonds is 12. The van der Waals surface area contributed by atoms with Gasteiger partial charge in [-0.1, -0.05) is 36.4 Å². The number of hydrogen-bond acceptors (Lipinski definition) is 6. The van der Waals surface area contributed by atoms with Crippen LogP contribution in [-0.4, -0.2) is 69.5 Å². The van der Waals surface area contributed by atoms with Gasteiger partial charge < -0.3 is 29.9 Å². The molecule has 0 aromatic heterocycles. The Balaban J connectivity index is 0.000000303. The zero-order valence-corrected chi connectivity index (χ0v) is 34.0. The van der Waals surface area contributed by atoms with Crippen molar-refractivity contribution in [2.75, 3.05) is 13.2 Å². The maximum atomic E-state index is 12.9. The molecule has 0 aliphatic carbocycles. The van der Waals surface area contributed by atoms with E-state index in [0.717, 1.165) is 34.1 Å². The molecule has 0 bridgehead atoms. The molecule has 0 saturated carbocycles. The second-order valence-electron chi connectivity index (χ2n) is 13.5. The Morgan fingerprint density at radius 3 is 0.781 bits per heavy atom. The van der Waals surface area contributed by atoms with Crippen LogP contribution in [0.25, 0.3) is 0 Å². The fraction of sp³-hybridized carbons (Fsp3) is 0.182. The van der Waals surface area contributed by atoms with E-state index < -0.39 is 71.5 Å². The van der Waals surface area contributed by atoms with Crippen LogP contribution in [0.1, 0.15) is 0 Å². The van der Waals surface area contributed by atoms with E-state index >= 15 is 0 Å². The van der Waals surface area contributed by atoms with Crippen LogP contribution in [0, 0.1) is 0 Å². The first-order valence-electron chi connectivity index (χ1n) is 18.2. The van der Waals surface area contributed by atoms with Gasteiger partial charge in [0.25, 0.3) is 11.2 Å². The summed E-state index contributed by atoms with van der Waals surface area (Å²) in [5.74, 6) is -0.363. The molecular formula is C44H34F12O6S2+2. The molecule has 64 heavy (non-hydrogen) atoms. The predicted octanol–water partition coefficient (Wildman–Crippen LogP) is 11.4. The highest BCUT2D eigenvalue weighted by molar-refractivity contribution is 7.97. The number of aromatic hydroxyl groups is 2. The first-order valence-corrected chi connectivity index (χ1v) is 20.6. The highest BCUT2D eigenvalue weighted by Gasteiger charge is 2.72. The van der Waals surface area contributed by atoms with E-state index in [1.54, 1.807) is 54.6 Å². The van der Waals surface area contributed by atoms with Crippen LogP contribution < -0.4 is 9.47 Å². The van der Waals surface area contributed by atoms with E-state index in [4.69, 9.17) is 0 Å². The molecular weight excluding hydrogens is 917 g/mol. The normalized spacial score (nSPS) is 12.8. The summed E-state index contributed by atoms with van der Waals surface area (Å²) in [6.45, 7) is -4.36. The number of halogens is 12. The molecule has 0 aliphatic heterocycles. The van der Waals surface area contributed by atoms with Crippen LogP contribution >= 0.6 is 0 Å². The molecule has 0 aliphatic rings. The minimum absolute atomic E-state index is 0.253. The molecule has 6 aromatic carbocycles. The number of alkyl halides is 12. The maximum absolute atomic E-state index is 12.9. The van der Waals surface area contributed by atoms with E-state index in [1.807, 2.05) is 42.5 Å². The van der Waals surface area contributed by atoms with Crippen LogP contribution in [0.4, 0.5) is 52.7 Å². The molecule has 4 N–H and O–H groups in total. The van der Waals surface area contributed by atoms with Gasteiger partial charge in [0.15, 0.2) is 29.4 Å². The van der Waals surface area contributed by atoms with Gasteiger partial charge in [-0.3, -0.25) is 0 Å². The maximum Gasteiger partial charge on any atom is 0.429 e. The SMILES string of the molecule is OC(COc1ccc([S+](c2ccccc2)c2ccc(OCC(O)(C(F)(F)F)C(F)(F)F)cc2)cc1)(C(F)(F)F)C(F)(F)F.Oc1ccc([S+](c2ccccc2)c2ccc(O)cc2)cc1. The van der Waals surface area contributed by atoms with Crippen molar-refractivity contribution >= 4 is 21.8 Å². The Morgan fingerprint density at radius 1 is 0.328 bits per heavy atom. The minimum atomic E-state index is -6.08. The van der Waals surface area contributed by atoms with Crippen molar-refractivity contribution in [1.82, 2.24) is 0 Å². The number of ether oxygens (including phenoxy) is 2. The van der Waals surface area contributed by atoms with Crippen molar-refractivity contribution in [1.29, 1.82) is 0 Å². The zero-order valence-electron chi connectivity index (χ0n) is 32.4. The molecule has 0 heterocycles. The number of benzene rings is 6. The van der Waals surface area contributed by atoms with E-state index in [-0.39, 0.29) is 22.4 Å². The second-order valence-corrected chi connectivity index (χ2v) is 17.5. The fourth-order valence-corrected chi connectivity index (χ4v) is 9.59. The Labute approximate surface area is 362 Å². The summed E-state index contributed by atoms with van der Waals surface area (Å²) >= 11 is 0. The van der Waals surface area contributed by atoms with Gasteiger partial charge in [-0.2, -0.15) is 52.7 Å². The number of phenolic OH excluding ortho intramolecular Hbond substituents is 2. The lowest BCUT2D eigenvalue weighted by Gasteiger charge is -2.31. The average Bonchev–Trinajstić information content (AvgIpc) is 3.24. The van der Waals surface area contributed by atoms with E-state index in [1.165, 1.54) is 29.2 Å². The third-order valence-corrected chi connectivity index (χ3v) is 13.5. The molecule has 20 heteroatoms. The third kappa shape index (κ3) is 11.5. The standard InChI is InChI=1S/C26H19F12O4S.C18H14O2S/c27-23(28,29)21(39,24(30,31)32)14-41-16-6-10-19(11-7-16)43(18-4-2-1-3-5-18)20-12-8-17(9-13-20)42-15-22(40,25(33,34)35)26(36,37)38;19-14-6-10-17(11-7-14)21(16-4-2-1-3-5-16)18-12-8-15(20)9-13-18/h1-13,39-40H,14-15H2;1-13H,(H-,19,20)/q+1;/p+1. The summed E-state index contributed by atoms with van der Waals surface area (Å²) in [4.78, 5) is 4.94. The van der Waals surface area contributed by atoms with Gasteiger partial charge >= 0.3 is 24.7 Å². The molecule has 0 radical (unpaired) electrons. The Kier molecular flexibility index (Phi) is 15.1. The molecule has 0 saturated heterocycles. The number of aliphatic hydroxyl groups is 2. The molecule has 6 aromatic rings.